The van der Waals surface area contributed by atoms with Gasteiger partial charge in [0, 0.05) is 57.5 Å². The molecule has 1 amide bonds. The molecule has 1 N–H and O–H groups in total. The van der Waals surface area contributed by atoms with E-state index in [0.717, 1.165) is 48.4 Å². The first-order chi connectivity index (χ1) is 12.4. The average Bonchev–Trinajstić information content (AvgIpc) is 2.61. The second kappa shape index (κ2) is 11.4. The summed E-state index contributed by atoms with van der Waals surface area (Å²) in [5, 5.41) is 4.06. The second-order valence-corrected chi connectivity index (χ2v) is 7.13. The minimum atomic E-state index is -0.0165. The van der Waals surface area contributed by atoms with Gasteiger partial charge in [-0.25, -0.2) is 4.99 Å². The van der Waals surface area contributed by atoms with Gasteiger partial charge in [-0.15, -0.1) is 24.0 Å². The average molecular weight is 506 g/mol. The van der Waals surface area contributed by atoms with Gasteiger partial charge >= 0.3 is 0 Å². The second-order valence-electron chi connectivity index (χ2n) is 6.69. The van der Waals surface area contributed by atoms with E-state index in [2.05, 4.69) is 32.8 Å². The van der Waals surface area contributed by atoms with Crippen LogP contribution in [0.25, 0.3) is 0 Å². The van der Waals surface area contributed by atoms with Gasteiger partial charge in [0.15, 0.2) is 5.96 Å². The van der Waals surface area contributed by atoms with Crippen LogP contribution in [0.1, 0.15) is 6.92 Å². The van der Waals surface area contributed by atoms with Crippen molar-refractivity contribution in [2.24, 2.45) is 4.99 Å². The van der Waals surface area contributed by atoms with E-state index >= 15 is 0 Å². The Morgan fingerprint density at radius 3 is 2.52 bits per heavy atom. The van der Waals surface area contributed by atoms with Crippen LogP contribution in [0.2, 0.25) is 5.02 Å². The van der Waals surface area contributed by atoms with Gasteiger partial charge in [-0.1, -0.05) is 29.8 Å². The zero-order valence-electron chi connectivity index (χ0n) is 16.2. The molecule has 0 radical (unpaired) electrons. The van der Waals surface area contributed by atoms with Crippen molar-refractivity contribution in [3.05, 3.63) is 41.4 Å². The number of benzene rings is 1. The summed E-state index contributed by atoms with van der Waals surface area (Å²) in [6.07, 6.45) is 0. The van der Waals surface area contributed by atoms with Crippen LogP contribution in [-0.4, -0.2) is 75.0 Å². The van der Waals surface area contributed by atoms with Gasteiger partial charge < -0.3 is 20.0 Å². The van der Waals surface area contributed by atoms with E-state index in [0.29, 0.717) is 6.54 Å². The topological polar surface area (TPSA) is 51.2 Å². The Labute approximate surface area is 184 Å². The fraction of sp³-hybridized carbons (Fsp3) is 0.474. The number of aliphatic imine (C=N–C) groups is 1. The summed E-state index contributed by atoms with van der Waals surface area (Å²) in [5.41, 5.74) is 2.16. The summed E-state index contributed by atoms with van der Waals surface area (Å²) in [5.74, 6) is 0.742. The number of halogens is 2. The number of anilines is 1. The fourth-order valence-electron chi connectivity index (χ4n) is 2.63. The van der Waals surface area contributed by atoms with E-state index in [1.165, 1.54) is 0 Å². The monoisotopic (exact) mass is 505 g/mol. The van der Waals surface area contributed by atoms with Crippen molar-refractivity contribution in [1.82, 2.24) is 15.1 Å². The number of likely N-dealkylation sites (N-methyl/N-ethyl adjacent to an activating group) is 1. The molecule has 0 unspecified atom stereocenters. The number of nitrogens with one attached hydrogen (secondary N) is 1. The summed E-state index contributed by atoms with van der Waals surface area (Å²) in [4.78, 5) is 22.4. The number of hydrogen-bond acceptors (Lipinski definition) is 3. The highest BCUT2D eigenvalue weighted by molar-refractivity contribution is 14.0. The molecule has 0 bridgehead atoms. The molecule has 0 spiro atoms. The molecule has 150 valence electrons. The third kappa shape index (κ3) is 7.57. The van der Waals surface area contributed by atoms with Crippen molar-refractivity contribution in [2.75, 3.05) is 58.3 Å². The smallest absolute Gasteiger partial charge is 0.243 e. The molecule has 0 aliphatic carbocycles. The van der Waals surface area contributed by atoms with Crippen LogP contribution in [0.15, 0.2) is 41.4 Å². The van der Waals surface area contributed by atoms with Gasteiger partial charge in [0.25, 0.3) is 0 Å². The molecule has 1 aromatic rings. The van der Waals surface area contributed by atoms with Crippen molar-refractivity contribution < 1.29 is 4.79 Å². The van der Waals surface area contributed by atoms with Gasteiger partial charge in [0.2, 0.25) is 5.91 Å². The van der Waals surface area contributed by atoms with Crippen molar-refractivity contribution >= 4 is 53.1 Å². The first kappa shape index (κ1) is 23.6. The van der Waals surface area contributed by atoms with Crippen LogP contribution in [0, 0.1) is 0 Å². The molecule has 1 fully saturated rings. The lowest BCUT2D eigenvalue weighted by molar-refractivity contribution is -0.127. The van der Waals surface area contributed by atoms with Crippen LogP contribution in [0.3, 0.4) is 0 Å². The number of piperazine rings is 1. The third-order valence-electron chi connectivity index (χ3n) is 4.16. The molecular formula is C19H29ClIN5O. The molecule has 1 aliphatic rings. The number of amides is 1. The third-order valence-corrected chi connectivity index (χ3v) is 4.40. The Hall–Kier alpha value is -1.48. The van der Waals surface area contributed by atoms with Crippen molar-refractivity contribution in [1.29, 1.82) is 0 Å². The van der Waals surface area contributed by atoms with E-state index in [1.807, 2.05) is 25.1 Å². The van der Waals surface area contributed by atoms with Crippen LogP contribution < -0.4 is 10.2 Å². The highest BCUT2D eigenvalue weighted by Gasteiger charge is 2.20. The molecule has 0 atom stereocenters. The summed E-state index contributed by atoms with van der Waals surface area (Å²) >= 11 is 6.10. The SMILES string of the molecule is C=C(C)CNC(=NCC(=O)N(C)C)N1CCN(c2cccc(Cl)c2)CC1.I. The minimum Gasteiger partial charge on any atom is -0.368 e. The molecule has 1 aromatic carbocycles. The molecule has 1 aliphatic heterocycles. The molecular weight excluding hydrogens is 477 g/mol. The van der Waals surface area contributed by atoms with Gasteiger partial charge in [-0.3, -0.25) is 4.79 Å². The summed E-state index contributed by atoms with van der Waals surface area (Å²) in [6.45, 7) is 10.1. The summed E-state index contributed by atoms with van der Waals surface area (Å²) in [6, 6.07) is 7.92. The van der Waals surface area contributed by atoms with E-state index in [1.54, 1.807) is 19.0 Å². The van der Waals surface area contributed by atoms with Crippen molar-refractivity contribution in [3.8, 4) is 0 Å². The van der Waals surface area contributed by atoms with Gasteiger partial charge in [-0.05, 0) is 25.1 Å². The summed E-state index contributed by atoms with van der Waals surface area (Å²) < 4.78 is 0. The number of hydrogen-bond donors (Lipinski definition) is 1. The lowest BCUT2D eigenvalue weighted by Gasteiger charge is -2.38. The highest BCUT2D eigenvalue weighted by Crippen LogP contribution is 2.20. The Kier molecular flexibility index (Phi) is 9.93. The van der Waals surface area contributed by atoms with E-state index < -0.39 is 0 Å². The maximum absolute atomic E-state index is 11.9. The lowest BCUT2D eigenvalue weighted by Crippen LogP contribution is -2.53. The van der Waals surface area contributed by atoms with Gasteiger partial charge in [-0.2, -0.15) is 0 Å². The predicted molar refractivity (Wildman–Crippen MR) is 124 cm³/mol. The van der Waals surface area contributed by atoms with Gasteiger partial charge in [0.05, 0.1) is 0 Å². The maximum Gasteiger partial charge on any atom is 0.243 e. The largest absolute Gasteiger partial charge is 0.368 e. The Balaban J connectivity index is 0.00000364. The van der Waals surface area contributed by atoms with Crippen molar-refractivity contribution in [2.45, 2.75) is 6.92 Å². The fourth-order valence-corrected chi connectivity index (χ4v) is 2.82. The number of nitrogens with zero attached hydrogens (tertiary/aromatic N) is 4. The Morgan fingerprint density at radius 1 is 1.30 bits per heavy atom. The molecule has 27 heavy (non-hydrogen) atoms. The quantitative estimate of drug-likeness (QED) is 0.289. The molecule has 1 saturated heterocycles. The normalized spacial score (nSPS) is 14.4. The molecule has 6 nitrogen and oxygen atoms in total. The van der Waals surface area contributed by atoms with E-state index in [9.17, 15) is 4.79 Å². The maximum atomic E-state index is 11.9. The zero-order chi connectivity index (χ0) is 19.1. The number of carbonyl (C=O) groups excluding carboxylic acids is 1. The molecule has 8 heteroatoms. The minimum absolute atomic E-state index is 0. The summed E-state index contributed by atoms with van der Waals surface area (Å²) in [7, 11) is 3.48. The van der Waals surface area contributed by atoms with E-state index in [4.69, 9.17) is 11.6 Å². The van der Waals surface area contributed by atoms with E-state index in [-0.39, 0.29) is 36.4 Å². The first-order valence-corrected chi connectivity index (χ1v) is 9.13. The number of carbonyl (C=O) groups is 1. The molecule has 1 heterocycles. The number of guanidine groups is 1. The van der Waals surface area contributed by atoms with Crippen LogP contribution in [0.5, 0.6) is 0 Å². The van der Waals surface area contributed by atoms with Gasteiger partial charge in [0.1, 0.15) is 6.54 Å². The van der Waals surface area contributed by atoms with Crippen LogP contribution in [0.4, 0.5) is 5.69 Å². The first-order valence-electron chi connectivity index (χ1n) is 8.75. The Morgan fingerprint density at radius 2 is 1.96 bits per heavy atom. The predicted octanol–water partition coefficient (Wildman–Crippen LogP) is 2.69. The molecule has 2 rings (SSSR count). The van der Waals surface area contributed by atoms with Crippen molar-refractivity contribution in [3.63, 3.8) is 0 Å². The van der Waals surface area contributed by atoms with Crippen LogP contribution >= 0.6 is 35.6 Å². The zero-order valence-corrected chi connectivity index (χ0v) is 19.3. The number of rotatable bonds is 5. The molecule has 0 aromatic heterocycles. The lowest BCUT2D eigenvalue weighted by atomic mass is 10.2. The molecule has 0 saturated carbocycles. The van der Waals surface area contributed by atoms with Crippen LogP contribution in [-0.2, 0) is 4.79 Å². The standard InChI is InChI=1S/C19H28ClN5O.HI/c1-15(2)13-21-19(22-14-18(26)23(3)4)25-10-8-24(9-11-25)17-7-5-6-16(20)12-17;/h5-7,12H,1,8-11,13-14H2,2-4H3,(H,21,22);1H. The Bertz CT molecular complexity index is 672. The highest BCUT2D eigenvalue weighted by atomic mass is 127.